The van der Waals surface area contributed by atoms with Crippen LogP contribution in [0.4, 0.5) is 0 Å². The maximum Gasteiger partial charge on any atom is 0.326 e. The zero-order valence-electron chi connectivity index (χ0n) is 10.4. The molecule has 1 amide bonds. The summed E-state index contributed by atoms with van der Waals surface area (Å²) in [6, 6.07) is 8.66. The van der Waals surface area contributed by atoms with Crippen LogP contribution in [0.5, 0.6) is 0 Å². The number of nitrogens with zero attached hydrogens (tertiary/aromatic N) is 1. The Morgan fingerprint density at radius 1 is 1.39 bits per heavy atom. The van der Waals surface area contributed by atoms with Gasteiger partial charge in [-0.25, -0.2) is 4.79 Å². The Hall–Kier alpha value is -1.84. The van der Waals surface area contributed by atoms with Crippen molar-refractivity contribution in [1.82, 2.24) is 4.90 Å². The Kier molecular flexibility index (Phi) is 3.65. The molecule has 2 rings (SSSR count). The molecular weight excluding hydrogens is 230 g/mol. The van der Waals surface area contributed by atoms with E-state index < -0.39 is 12.0 Å². The molecular formula is C14H17NO3. The summed E-state index contributed by atoms with van der Waals surface area (Å²) < 4.78 is 0. The molecule has 0 spiro atoms. The summed E-state index contributed by atoms with van der Waals surface area (Å²) in [5.74, 6) is -0.976. The average Bonchev–Trinajstić information content (AvgIpc) is 2.38. The van der Waals surface area contributed by atoms with Crippen LogP contribution in [0.15, 0.2) is 30.3 Å². The number of hydrogen-bond donors (Lipinski definition) is 1. The molecule has 1 aromatic rings. The zero-order chi connectivity index (χ0) is 13.1. The van der Waals surface area contributed by atoms with E-state index in [1.165, 1.54) is 4.90 Å². The van der Waals surface area contributed by atoms with E-state index in [9.17, 15) is 14.7 Å². The number of benzene rings is 1. The van der Waals surface area contributed by atoms with E-state index in [2.05, 4.69) is 0 Å². The van der Waals surface area contributed by atoms with Gasteiger partial charge in [-0.05, 0) is 25.3 Å². The lowest BCUT2D eigenvalue weighted by molar-refractivity contribution is -0.155. The highest BCUT2D eigenvalue weighted by Gasteiger charge is 2.36. The van der Waals surface area contributed by atoms with Gasteiger partial charge in [-0.2, -0.15) is 0 Å². The van der Waals surface area contributed by atoms with Gasteiger partial charge in [0.25, 0.3) is 0 Å². The largest absolute Gasteiger partial charge is 0.480 e. The molecule has 1 heterocycles. The minimum atomic E-state index is -0.911. The third-order valence-corrected chi connectivity index (χ3v) is 3.48. The van der Waals surface area contributed by atoms with Crippen molar-refractivity contribution in [3.05, 3.63) is 35.9 Å². The van der Waals surface area contributed by atoms with Crippen molar-refractivity contribution in [2.24, 2.45) is 0 Å². The molecule has 1 aliphatic rings. The van der Waals surface area contributed by atoms with Crippen LogP contribution < -0.4 is 0 Å². The van der Waals surface area contributed by atoms with E-state index >= 15 is 0 Å². The Morgan fingerprint density at radius 3 is 2.67 bits per heavy atom. The number of carboxylic acids is 1. The van der Waals surface area contributed by atoms with Crippen LogP contribution in [0, 0.1) is 0 Å². The molecule has 18 heavy (non-hydrogen) atoms. The minimum absolute atomic E-state index is 0.0648. The second-order valence-corrected chi connectivity index (χ2v) is 4.63. The van der Waals surface area contributed by atoms with Crippen LogP contribution in [-0.2, 0) is 9.59 Å². The van der Waals surface area contributed by atoms with E-state index in [1.54, 1.807) is 0 Å². The predicted octanol–water partition coefficient (Wildman–Crippen LogP) is 2.21. The van der Waals surface area contributed by atoms with Gasteiger partial charge in [0.15, 0.2) is 0 Å². The minimum Gasteiger partial charge on any atom is -0.480 e. The Bertz CT molecular complexity index is 444. The van der Waals surface area contributed by atoms with Crippen LogP contribution in [0.2, 0.25) is 0 Å². The average molecular weight is 247 g/mol. The fraction of sp³-hybridized carbons (Fsp3) is 0.429. The summed E-state index contributed by atoms with van der Waals surface area (Å²) in [7, 11) is 0. The standard InChI is InChI=1S/C14H17NO3/c1-10(11-6-3-2-4-7-11)15-12(14(17)18)8-5-9-13(15)16/h2-4,6-7,10,12H,5,8-9H2,1H3,(H,17,18). The highest BCUT2D eigenvalue weighted by molar-refractivity contribution is 5.85. The van der Waals surface area contributed by atoms with Crippen molar-refractivity contribution in [1.29, 1.82) is 0 Å². The van der Waals surface area contributed by atoms with Gasteiger partial charge in [-0.15, -0.1) is 0 Å². The summed E-state index contributed by atoms with van der Waals surface area (Å²) in [6.45, 7) is 1.88. The van der Waals surface area contributed by atoms with Gasteiger partial charge in [0, 0.05) is 6.42 Å². The summed E-state index contributed by atoms with van der Waals surface area (Å²) in [4.78, 5) is 24.8. The highest BCUT2D eigenvalue weighted by Crippen LogP contribution is 2.29. The molecule has 1 aromatic carbocycles. The zero-order valence-corrected chi connectivity index (χ0v) is 10.4. The topological polar surface area (TPSA) is 57.6 Å². The second kappa shape index (κ2) is 5.21. The predicted molar refractivity (Wildman–Crippen MR) is 67.0 cm³/mol. The number of carbonyl (C=O) groups is 2. The molecule has 1 aliphatic heterocycles. The van der Waals surface area contributed by atoms with Crippen molar-refractivity contribution >= 4 is 11.9 Å². The maximum absolute atomic E-state index is 12.0. The number of aliphatic carboxylic acids is 1. The second-order valence-electron chi connectivity index (χ2n) is 4.63. The van der Waals surface area contributed by atoms with Gasteiger partial charge in [-0.3, -0.25) is 4.79 Å². The van der Waals surface area contributed by atoms with Gasteiger partial charge in [0.2, 0.25) is 5.91 Å². The van der Waals surface area contributed by atoms with Crippen molar-refractivity contribution in [2.75, 3.05) is 0 Å². The number of amides is 1. The van der Waals surface area contributed by atoms with Gasteiger partial charge >= 0.3 is 5.97 Å². The number of carbonyl (C=O) groups excluding carboxylic acids is 1. The summed E-state index contributed by atoms with van der Waals surface area (Å²) >= 11 is 0. The number of piperidine rings is 1. The van der Waals surface area contributed by atoms with Crippen LogP contribution >= 0.6 is 0 Å². The number of carboxylic acid groups (broad SMARTS) is 1. The first kappa shape index (κ1) is 12.6. The number of rotatable bonds is 3. The van der Waals surface area contributed by atoms with Gasteiger partial charge in [0.1, 0.15) is 6.04 Å². The van der Waals surface area contributed by atoms with E-state index in [0.29, 0.717) is 19.3 Å². The molecule has 0 aliphatic carbocycles. The van der Waals surface area contributed by atoms with E-state index in [1.807, 2.05) is 37.3 Å². The molecule has 1 saturated heterocycles. The molecule has 0 bridgehead atoms. The molecule has 1 fully saturated rings. The van der Waals surface area contributed by atoms with Crippen LogP contribution in [0.1, 0.15) is 37.8 Å². The first-order valence-corrected chi connectivity index (χ1v) is 6.20. The van der Waals surface area contributed by atoms with Crippen LogP contribution in [0.3, 0.4) is 0 Å². The van der Waals surface area contributed by atoms with E-state index in [-0.39, 0.29) is 11.9 Å². The van der Waals surface area contributed by atoms with Crippen molar-refractivity contribution in [3.8, 4) is 0 Å². The van der Waals surface area contributed by atoms with E-state index in [0.717, 1.165) is 5.56 Å². The Morgan fingerprint density at radius 2 is 2.06 bits per heavy atom. The third-order valence-electron chi connectivity index (χ3n) is 3.48. The summed E-state index contributed by atoms with van der Waals surface area (Å²) in [5.41, 5.74) is 0.971. The van der Waals surface area contributed by atoms with Gasteiger partial charge in [0.05, 0.1) is 6.04 Å². The lowest BCUT2D eigenvalue weighted by atomic mass is 9.96. The van der Waals surface area contributed by atoms with Crippen LogP contribution in [-0.4, -0.2) is 27.9 Å². The van der Waals surface area contributed by atoms with Gasteiger partial charge < -0.3 is 10.0 Å². The number of likely N-dealkylation sites (tertiary alicyclic amines) is 1. The molecule has 4 heteroatoms. The number of hydrogen-bond acceptors (Lipinski definition) is 2. The van der Waals surface area contributed by atoms with E-state index in [4.69, 9.17) is 0 Å². The SMILES string of the molecule is CC(c1ccccc1)N1C(=O)CCCC1C(=O)O. The van der Waals surface area contributed by atoms with Crippen molar-refractivity contribution < 1.29 is 14.7 Å². The normalized spacial score (nSPS) is 21.7. The smallest absolute Gasteiger partial charge is 0.326 e. The molecule has 0 radical (unpaired) electrons. The monoisotopic (exact) mass is 247 g/mol. The summed E-state index contributed by atoms with van der Waals surface area (Å²) in [6.07, 6.45) is 1.65. The first-order valence-electron chi connectivity index (χ1n) is 6.20. The summed E-state index contributed by atoms with van der Waals surface area (Å²) in [5, 5.41) is 9.23. The molecule has 2 atom stereocenters. The molecule has 2 unspecified atom stereocenters. The fourth-order valence-electron chi connectivity index (χ4n) is 2.51. The Labute approximate surface area is 106 Å². The molecule has 0 saturated carbocycles. The lowest BCUT2D eigenvalue weighted by Gasteiger charge is -2.37. The Balaban J connectivity index is 2.27. The van der Waals surface area contributed by atoms with Crippen molar-refractivity contribution in [3.63, 3.8) is 0 Å². The molecule has 1 N–H and O–H groups in total. The maximum atomic E-state index is 12.0. The van der Waals surface area contributed by atoms with Crippen molar-refractivity contribution in [2.45, 2.75) is 38.3 Å². The fourth-order valence-corrected chi connectivity index (χ4v) is 2.51. The lowest BCUT2D eigenvalue weighted by Crippen LogP contribution is -2.49. The van der Waals surface area contributed by atoms with Gasteiger partial charge in [-0.1, -0.05) is 30.3 Å². The molecule has 4 nitrogen and oxygen atoms in total. The first-order chi connectivity index (χ1) is 8.61. The van der Waals surface area contributed by atoms with Crippen LogP contribution in [0.25, 0.3) is 0 Å². The highest BCUT2D eigenvalue weighted by atomic mass is 16.4. The molecule has 96 valence electrons. The third kappa shape index (κ3) is 2.37. The molecule has 0 aromatic heterocycles. The quantitative estimate of drug-likeness (QED) is 0.891.